The summed E-state index contributed by atoms with van der Waals surface area (Å²) < 4.78 is 5.96. The van der Waals surface area contributed by atoms with Gasteiger partial charge >= 0.3 is 5.69 Å². The molecule has 0 saturated heterocycles. The van der Waals surface area contributed by atoms with Gasteiger partial charge < -0.3 is 9.51 Å². The lowest BCUT2D eigenvalue weighted by molar-refractivity contribution is -0.386. The van der Waals surface area contributed by atoms with Crippen LogP contribution in [0.1, 0.15) is 17.0 Å². The second kappa shape index (κ2) is 5.17. The Morgan fingerprint density at radius 2 is 2.24 bits per heavy atom. The summed E-state index contributed by atoms with van der Waals surface area (Å²) in [6.45, 7) is 1.54. The quantitative estimate of drug-likeness (QED) is 0.565. The van der Waals surface area contributed by atoms with E-state index in [0.717, 1.165) is 20.9 Å². The van der Waals surface area contributed by atoms with Crippen LogP contribution < -0.4 is 0 Å². The van der Waals surface area contributed by atoms with E-state index in [1.807, 2.05) is 24.4 Å². The lowest BCUT2D eigenvalue weighted by Crippen LogP contribution is -1.90. The van der Waals surface area contributed by atoms with Gasteiger partial charge in [-0.25, -0.2) is 0 Å². The molecule has 0 aliphatic rings. The Bertz CT molecular complexity index is 864. The topological polar surface area (TPSA) is 85.0 Å². The molecular formula is C14H10BrN3O3. The molecule has 2 heterocycles. The summed E-state index contributed by atoms with van der Waals surface area (Å²) in [6, 6.07) is 5.88. The summed E-state index contributed by atoms with van der Waals surface area (Å²) in [5.41, 5.74) is 2.06. The standard InChI is InChI=1S/C14H10BrN3O3/c1-8-14(18(19)20)13(21-17-8)5-2-9-7-16-12-4-3-10(15)6-11(9)12/h2-7,16H,1H3/b5-2+. The van der Waals surface area contributed by atoms with Gasteiger partial charge in [-0.3, -0.25) is 10.1 Å². The van der Waals surface area contributed by atoms with Gasteiger partial charge in [0.15, 0.2) is 5.69 Å². The third kappa shape index (κ3) is 2.47. The smallest absolute Gasteiger partial charge is 0.338 e. The molecule has 3 rings (SSSR count). The molecule has 106 valence electrons. The number of fused-ring (bicyclic) bond motifs is 1. The fourth-order valence-electron chi connectivity index (χ4n) is 2.13. The Kier molecular flexibility index (Phi) is 3.34. The number of aryl methyl sites for hydroxylation is 1. The Balaban J connectivity index is 2.02. The predicted molar refractivity (Wildman–Crippen MR) is 82.8 cm³/mol. The van der Waals surface area contributed by atoms with E-state index >= 15 is 0 Å². The number of nitrogens with zero attached hydrogens (tertiary/aromatic N) is 2. The zero-order chi connectivity index (χ0) is 15.0. The average molecular weight is 348 g/mol. The third-order valence-electron chi connectivity index (χ3n) is 3.13. The van der Waals surface area contributed by atoms with Crippen LogP contribution in [0.5, 0.6) is 0 Å². The number of nitrogens with one attached hydrogen (secondary N) is 1. The van der Waals surface area contributed by atoms with Crippen LogP contribution in [-0.2, 0) is 0 Å². The molecule has 0 atom stereocenters. The number of aromatic amines is 1. The summed E-state index contributed by atoms with van der Waals surface area (Å²) in [7, 11) is 0. The van der Waals surface area contributed by atoms with Gasteiger partial charge in [-0.05, 0) is 42.8 Å². The summed E-state index contributed by atoms with van der Waals surface area (Å²) in [5, 5.41) is 15.6. The van der Waals surface area contributed by atoms with E-state index in [9.17, 15) is 10.1 Å². The average Bonchev–Trinajstić information content (AvgIpc) is 2.99. The van der Waals surface area contributed by atoms with E-state index in [-0.39, 0.29) is 17.1 Å². The van der Waals surface area contributed by atoms with Gasteiger partial charge in [0.05, 0.1) is 4.92 Å². The van der Waals surface area contributed by atoms with Crippen molar-refractivity contribution in [2.24, 2.45) is 0 Å². The summed E-state index contributed by atoms with van der Waals surface area (Å²) >= 11 is 3.43. The Morgan fingerprint density at radius 3 is 3.00 bits per heavy atom. The Labute approximate surface area is 127 Å². The van der Waals surface area contributed by atoms with Crippen molar-refractivity contribution >= 4 is 44.7 Å². The monoisotopic (exact) mass is 347 g/mol. The van der Waals surface area contributed by atoms with E-state index in [4.69, 9.17) is 4.52 Å². The zero-order valence-corrected chi connectivity index (χ0v) is 12.5. The van der Waals surface area contributed by atoms with Crippen molar-refractivity contribution in [3.63, 3.8) is 0 Å². The van der Waals surface area contributed by atoms with Crippen molar-refractivity contribution in [1.29, 1.82) is 0 Å². The SMILES string of the molecule is Cc1noc(/C=C/c2c[nH]c3ccc(Br)cc23)c1[N+](=O)[O-]. The van der Waals surface area contributed by atoms with Gasteiger partial charge in [-0.1, -0.05) is 21.1 Å². The van der Waals surface area contributed by atoms with Crippen molar-refractivity contribution in [3.8, 4) is 0 Å². The molecule has 0 aliphatic carbocycles. The molecule has 1 aromatic carbocycles. The number of hydrogen-bond acceptors (Lipinski definition) is 4. The lowest BCUT2D eigenvalue weighted by Gasteiger charge is -1.93. The van der Waals surface area contributed by atoms with E-state index in [2.05, 4.69) is 26.1 Å². The number of nitro groups is 1. The highest BCUT2D eigenvalue weighted by molar-refractivity contribution is 9.10. The van der Waals surface area contributed by atoms with Gasteiger partial charge in [0.25, 0.3) is 0 Å². The third-order valence-corrected chi connectivity index (χ3v) is 3.62. The molecule has 3 aromatic rings. The molecule has 1 N–H and O–H groups in total. The van der Waals surface area contributed by atoms with E-state index in [1.54, 1.807) is 19.1 Å². The maximum Gasteiger partial charge on any atom is 0.338 e. The van der Waals surface area contributed by atoms with E-state index in [0.29, 0.717) is 0 Å². The number of halogens is 1. The highest BCUT2D eigenvalue weighted by Gasteiger charge is 2.21. The highest BCUT2D eigenvalue weighted by atomic mass is 79.9. The summed E-state index contributed by atoms with van der Waals surface area (Å²) in [6.07, 6.45) is 5.16. The second-order valence-corrected chi connectivity index (χ2v) is 5.42. The normalized spacial score (nSPS) is 11.5. The van der Waals surface area contributed by atoms with Crippen LogP contribution in [0.3, 0.4) is 0 Å². The lowest BCUT2D eigenvalue weighted by atomic mass is 10.1. The molecule has 2 aromatic heterocycles. The summed E-state index contributed by atoms with van der Waals surface area (Å²) in [4.78, 5) is 13.6. The second-order valence-electron chi connectivity index (χ2n) is 4.51. The fourth-order valence-corrected chi connectivity index (χ4v) is 2.49. The van der Waals surface area contributed by atoms with Crippen LogP contribution in [0.4, 0.5) is 5.69 Å². The minimum absolute atomic E-state index is 0.104. The van der Waals surface area contributed by atoms with E-state index < -0.39 is 4.92 Å². The molecule has 21 heavy (non-hydrogen) atoms. The fraction of sp³-hybridized carbons (Fsp3) is 0.0714. The number of aromatic nitrogens is 2. The van der Waals surface area contributed by atoms with Crippen LogP contribution in [0.25, 0.3) is 23.1 Å². The van der Waals surface area contributed by atoms with Gasteiger partial charge in [0, 0.05) is 21.6 Å². The number of hydrogen-bond donors (Lipinski definition) is 1. The van der Waals surface area contributed by atoms with Crippen molar-refractivity contribution in [3.05, 3.63) is 56.0 Å². The zero-order valence-electron chi connectivity index (χ0n) is 11.0. The number of benzene rings is 1. The molecule has 0 amide bonds. The van der Waals surface area contributed by atoms with Crippen LogP contribution in [0.15, 0.2) is 33.4 Å². The molecule has 0 bridgehead atoms. The van der Waals surface area contributed by atoms with Crippen LogP contribution in [-0.4, -0.2) is 15.1 Å². The molecule has 6 nitrogen and oxygen atoms in total. The number of rotatable bonds is 3. The van der Waals surface area contributed by atoms with Crippen LogP contribution >= 0.6 is 15.9 Å². The molecule has 0 unspecified atom stereocenters. The molecule has 7 heteroatoms. The minimum Gasteiger partial charge on any atom is -0.361 e. The molecule has 0 spiro atoms. The van der Waals surface area contributed by atoms with E-state index in [1.165, 1.54) is 0 Å². The highest BCUT2D eigenvalue weighted by Crippen LogP contribution is 2.27. The largest absolute Gasteiger partial charge is 0.361 e. The summed E-state index contributed by atoms with van der Waals surface area (Å²) in [5.74, 6) is 0.141. The first kappa shape index (κ1) is 13.6. The number of H-pyrrole nitrogens is 1. The van der Waals surface area contributed by atoms with Crippen molar-refractivity contribution in [2.45, 2.75) is 6.92 Å². The minimum atomic E-state index is -0.489. The van der Waals surface area contributed by atoms with Gasteiger partial charge in [0.2, 0.25) is 5.76 Å². The van der Waals surface area contributed by atoms with Crippen LogP contribution in [0, 0.1) is 17.0 Å². The Morgan fingerprint density at radius 1 is 1.43 bits per heavy atom. The maximum atomic E-state index is 11.0. The Hall–Kier alpha value is -2.41. The predicted octanol–water partition coefficient (Wildman–Crippen LogP) is 4.31. The van der Waals surface area contributed by atoms with Gasteiger partial charge in [-0.2, -0.15) is 0 Å². The van der Waals surface area contributed by atoms with Gasteiger partial charge in [0.1, 0.15) is 0 Å². The first-order valence-corrected chi connectivity index (χ1v) is 6.91. The molecule has 0 radical (unpaired) electrons. The first-order valence-electron chi connectivity index (χ1n) is 6.11. The molecular weight excluding hydrogens is 338 g/mol. The van der Waals surface area contributed by atoms with Crippen molar-refractivity contribution < 1.29 is 9.45 Å². The molecule has 0 fully saturated rings. The van der Waals surface area contributed by atoms with Crippen molar-refractivity contribution in [2.75, 3.05) is 0 Å². The first-order chi connectivity index (χ1) is 10.1. The van der Waals surface area contributed by atoms with Crippen LogP contribution in [0.2, 0.25) is 0 Å². The molecule has 0 saturated carbocycles. The maximum absolute atomic E-state index is 11.0. The van der Waals surface area contributed by atoms with Gasteiger partial charge in [-0.15, -0.1) is 0 Å². The van der Waals surface area contributed by atoms with Crippen molar-refractivity contribution in [1.82, 2.24) is 10.1 Å². The molecule has 0 aliphatic heterocycles.